The van der Waals surface area contributed by atoms with Crippen molar-refractivity contribution in [1.29, 1.82) is 0 Å². The fraction of sp³-hybridized carbons (Fsp3) is 0.320. The molecule has 2 aromatic carbocycles. The van der Waals surface area contributed by atoms with Crippen molar-refractivity contribution in [2.45, 2.75) is 29.8 Å². The number of para-hydroxylation sites is 1. The predicted octanol–water partition coefficient (Wildman–Crippen LogP) is 3.81. The van der Waals surface area contributed by atoms with Crippen LogP contribution in [0.2, 0.25) is 0 Å². The van der Waals surface area contributed by atoms with Crippen molar-refractivity contribution in [2.75, 3.05) is 32.1 Å². The van der Waals surface area contributed by atoms with Crippen LogP contribution in [0.3, 0.4) is 0 Å². The highest BCUT2D eigenvalue weighted by Crippen LogP contribution is 2.43. The molecule has 3 heterocycles. The van der Waals surface area contributed by atoms with E-state index in [-0.39, 0.29) is 16.4 Å². The molecule has 178 valence electrons. The van der Waals surface area contributed by atoms with Gasteiger partial charge in [0.25, 0.3) is 0 Å². The number of hydrogen-bond donors (Lipinski definition) is 2. The van der Waals surface area contributed by atoms with E-state index in [2.05, 4.69) is 69.8 Å². The van der Waals surface area contributed by atoms with E-state index >= 15 is 0 Å². The lowest BCUT2D eigenvalue weighted by atomic mass is 9.76. The molecule has 7 nitrogen and oxygen atoms in total. The first kappa shape index (κ1) is 23.0. The Morgan fingerprint density at radius 3 is 2.88 bits per heavy atom. The van der Waals surface area contributed by atoms with E-state index in [1.165, 1.54) is 11.3 Å². The molecule has 0 fully saturated rings. The number of fused-ring (bicyclic) bond motifs is 2. The van der Waals surface area contributed by atoms with Crippen LogP contribution in [0.1, 0.15) is 17.4 Å². The van der Waals surface area contributed by atoms with Crippen molar-refractivity contribution < 1.29 is 8.42 Å². The number of nitrogens with one attached hydrogen (secondary N) is 2. The molecule has 0 spiro atoms. The lowest BCUT2D eigenvalue weighted by Gasteiger charge is -2.41. The van der Waals surface area contributed by atoms with E-state index in [0.717, 1.165) is 22.3 Å². The minimum Gasteiger partial charge on any atom is -0.373 e. The molecule has 2 N–H and O–H groups in total. The quantitative estimate of drug-likeness (QED) is 0.389. The molecule has 1 unspecified atom stereocenters. The summed E-state index contributed by atoms with van der Waals surface area (Å²) in [6, 6.07) is 15.4. The van der Waals surface area contributed by atoms with Crippen LogP contribution >= 0.6 is 11.3 Å². The second kappa shape index (κ2) is 8.81. The summed E-state index contributed by atoms with van der Waals surface area (Å²) < 4.78 is 29.5. The summed E-state index contributed by atoms with van der Waals surface area (Å²) in [5, 5.41) is 0.985. The number of nitrogens with zero attached hydrogens (tertiary/aromatic N) is 3. The minimum atomic E-state index is -3.69. The summed E-state index contributed by atoms with van der Waals surface area (Å²) in [7, 11) is 0.475. The molecule has 0 aliphatic carbocycles. The van der Waals surface area contributed by atoms with Crippen LogP contribution in [0.4, 0.5) is 5.69 Å². The molecule has 1 aliphatic heterocycles. The third-order valence-corrected chi connectivity index (χ3v) is 9.14. The third kappa shape index (κ3) is 4.13. The summed E-state index contributed by atoms with van der Waals surface area (Å²) in [4.78, 5) is 13.2. The molecule has 0 radical (unpaired) electrons. The smallest absolute Gasteiger partial charge is 0.240 e. The molecule has 2 aromatic heterocycles. The fourth-order valence-corrected chi connectivity index (χ4v) is 6.97. The molecular weight excluding hydrogens is 466 g/mol. The van der Waals surface area contributed by atoms with Gasteiger partial charge in [-0.1, -0.05) is 31.2 Å². The highest BCUT2D eigenvalue weighted by Gasteiger charge is 2.45. The molecule has 5 rings (SSSR count). The van der Waals surface area contributed by atoms with Crippen molar-refractivity contribution in [2.24, 2.45) is 0 Å². The Morgan fingerprint density at radius 2 is 2.09 bits per heavy atom. The number of aromatic nitrogens is 2. The van der Waals surface area contributed by atoms with Gasteiger partial charge < -0.3 is 9.88 Å². The van der Waals surface area contributed by atoms with Gasteiger partial charge >= 0.3 is 0 Å². The monoisotopic (exact) mass is 495 g/mol. The molecule has 2 atom stereocenters. The van der Waals surface area contributed by atoms with Crippen LogP contribution in [0.15, 0.2) is 71.3 Å². The van der Waals surface area contributed by atoms with Gasteiger partial charge in [-0.05, 0) is 42.3 Å². The van der Waals surface area contributed by atoms with Crippen LogP contribution in [0.5, 0.6) is 0 Å². The zero-order valence-electron chi connectivity index (χ0n) is 19.5. The molecule has 1 aliphatic rings. The zero-order chi connectivity index (χ0) is 23.9. The Balaban J connectivity index is 1.46. The lowest BCUT2D eigenvalue weighted by Crippen LogP contribution is -2.54. The number of sulfonamides is 1. The zero-order valence-corrected chi connectivity index (χ0v) is 21.2. The van der Waals surface area contributed by atoms with Gasteiger partial charge in [0.15, 0.2) is 0 Å². The largest absolute Gasteiger partial charge is 0.373 e. The van der Waals surface area contributed by atoms with Crippen LogP contribution in [0.25, 0.3) is 10.9 Å². The number of H-pyrrole nitrogens is 1. The summed E-state index contributed by atoms with van der Waals surface area (Å²) in [5.74, 6) is 0. The summed E-state index contributed by atoms with van der Waals surface area (Å²) in [6.45, 7) is 4.04. The van der Waals surface area contributed by atoms with Crippen molar-refractivity contribution in [1.82, 2.24) is 19.6 Å². The normalized spacial score (nSPS) is 19.1. The SMILES string of the molecule is CN1CC(C)([C@H](CNS(=O)(=O)c2ccc3cc[nH]c3c2)N(C)Cc2cncs2)c2ccccc21. The molecule has 0 saturated carbocycles. The molecule has 34 heavy (non-hydrogen) atoms. The maximum Gasteiger partial charge on any atom is 0.240 e. The van der Waals surface area contributed by atoms with Gasteiger partial charge in [-0.3, -0.25) is 9.88 Å². The highest BCUT2D eigenvalue weighted by molar-refractivity contribution is 7.89. The second-order valence-corrected chi connectivity index (χ2v) is 12.0. The first-order chi connectivity index (χ1) is 16.3. The van der Waals surface area contributed by atoms with E-state index in [0.29, 0.717) is 13.1 Å². The maximum absolute atomic E-state index is 13.3. The Hall–Kier alpha value is -2.72. The van der Waals surface area contributed by atoms with Crippen molar-refractivity contribution in [3.05, 3.63) is 76.9 Å². The minimum absolute atomic E-state index is 0.0790. The molecule has 4 aromatic rings. The highest BCUT2D eigenvalue weighted by atomic mass is 32.2. The number of likely N-dealkylation sites (N-methyl/N-ethyl adjacent to an activating group) is 2. The maximum atomic E-state index is 13.3. The number of rotatable bonds is 8. The average molecular weight is 496 g/mol. The number of aromatic amines is 1. The molecule has 0 saturated heterocycles. The van der Waals surface area contributed by atoms with Gasteiger partial charge in [-0.2, -0.15) is 0 Å². The standard InChI is InChI=1S/C25H29N5O2S2/c1-25(16-30(3)23-7-5-4-6-21(23)25)24(29(2)15-19-13-26-17-33-19)14-28-34(31,32)20-9-8-18-10-11-27-22(18)12-20/h4-13,17,24,27-28H,14-16H2,1-3H3/t24-,25?/m0/s1. The molecular formula is C25H29N5O2S2. The van der Waals surface area contributed by atoms with Crippen molar-refractivity contribution in [3.63, 3.8) is 0 Å². The van der Waals surface area contributed by atoms with E-state index in [1.54, 1.807) is 23.5 Å². The van der Waals surface area contributed by atoms with Gasteiger partial charge in [-0.15, -0.1) is 11.3 Å². The van der Waals surface area contributed by atoms with E-state index < -0.39 is 10.0 Å². The number of hydrogen-bond acceptors (Lipinski definition) is 6. The van der Waals surface area contributed by atoms with Gasteiger partial charge in [0.05, 0.1) is 10.4 Å². The van der Waals surface area contributed by atoms with Crippen LogP contribution in [-0.2, 0) is 22.0 Å². The van der Waals surface area contributed by atoms with Gasteiger partial charge in [0.1, 0.15) is 0 Å². The van der Waals surface area contributed by atoms with Crippen LogP contribution < -0.4 is 9.62 Å². The van der Waals surface area contributed by atoms with Gasteiger partial charge in [0.2, 0.25) is 10.0 Å². The van der Waals surface area contributed by atoms with E-state index in [9.17, 15) is 8.42 Å². The molecule has 0 bridgehead atoms. The van der Waals surface area contributed by atoms with E-state index in [4.69, 9.17) is 0 Å². The Kier molecular flexibility index (Phi) is 5.97. The van der Waals surface area contributed by atoms with E-state index in [1.807, 2.05) is 30.0 Å². The average Bonchev–Trinajstić information content (AvgIpc) is 3.54. The van der Waals surface area contributed by atoms with Crippen LogP contribution in [0, 0.1) is 0 Å². The fourth-order valence-electron chi connectivity index (χ4n) is 5.25. The van der Waals surface area contributed by atoms with Crippen molar-refractivity contribution >= 4 is 38.0 Å². The first-order valence-corrected chi connectivity index (χ1v) is 13.6. The van der Waals surface area contributed by atoms with Crippen molar-refractivity contribution in [3.8, 4) is 0 Å². The summed E-state index contributed by atoms with van der Waals surface area (Å²) in [5.41, 5.74) is 4.81. The van der Waals surface area contributed by atoms with Gasteiger partial charge in [-0.25, -0.2) is 13.1 Å². The van der Waals surface area contributed by atoms with Gasteiger partial charge in [0, 0.05) is 66.6 Å². The summed E-state index contributed by atoms with van der Waals surface area (Å²) >= 11 is 1.61. The number of thiazole rings is 1. The number of anilines is 1. The lowest BCUT2D eigenvalue weighted by molar-refractivity contribution is 0.159. The predicted molar refractivity (Wildman–Crippen MR) is 138 cm³/mol. The molecule has 0 amide bonds. The molecule has 9 heteroatoms. The summed E-state index contributed by atoms with van der Waals surface area (Å²) in [6.07, 6.45) is 3.69. The Labute approximate surface area is 204 Å². The number of benzene rings is 2. The Morgan fingerprint density at radius 1 is 1.26 bits per heavy atom. The second-order valence-electron chi connectivity index (χ2n) is 9.27. The van der Waals surface area contributed by atoms with Crippen LogP contribution in [-0.4, -0.2) is 56.5 Å². The Bertz CT molecular complexity index is 1400. The topological polar surface area (TPSA) is 81.3 Å². The first-order valence-electron chi connectivity index (χ1n) is 11.2. The third-order valence-electron chi connectivity index (χ3n) is 6.96.